The summed E-state index contributed by atoms with van der Waals surface area (Å²) in [7, 11) is -0.906. The van der Waals surface area contributed by atoms with Crippen LogP contribution in [-0.2, 0) is 26.0 Å². The largest absolute Gasteiger partial charge is 0.492 e. The van der Waals surface area contributed by atoms with E-state index in [2.05, 4.69) is 5.32 Å². The van der Waals surface area contributed by atoms with Crippen molar-refractivity contribution < 1.29 is 22.7 Å². The highest BCUT2D eigenvalue weighted by atomic mass is 32.2. The molecule has 0 saturated carbocycles. The number of hydrogen-bond donors (Lipinski definition) is 1. The van der Waals surface area contributed by atoms with Gasteiger partial charge in [-0.3, -0.25) is 4.79 Å². The van der Waals surface area contributed by atoms with Crippen LogP contribution in [0, 0.1) is 0 Å². The molecular formula is C16H22N2O5S. The van der Waals surface area contributed by atoms with Crippen LogP contribution in [0.25, 0.3) is 0 Å². The molecule has 1 atom stereocenters. The van der Waals surface area contributed by atoms with E-state index in [1.165, 1.54) is 18.5 Å². The molecule has 0 radical (unpaired) electrons. The molecule has 2 heterocycles. The summed E-state index contributed by atoms with van der Waals surface area (Å²) in [5.74, 6) is 0.0616. The Labute approximate surface area is 142 Å². The van der Waals surface area contributed by atoms with Crippen LogP contribution in [0.15, 0.2) is 23.1 Å². The average molecular weight is 354 g/mol. The normalized spacial score (nSPS) is 23.8. The summed E-state index contributed by atoms with van der Waals surface area (Å²) in [4.78, 5) is 12.6. The lowest BCUT2D eigenvalue weighted by Gasteiger charge is -2.35. The zero-order valence-electron chi connectivity index (χ0n) is 13.9. The van der Waals surface area contributed by atoms with Crippen molar-refractivity contribution in [2.45, 2.75) is 29.7 Å². The third kappa shape index (κ3) is 2.49. The number of methoxy groups -OCH3 is 1. The molecule has 1 saturated heterocycles. The quantitative estimate of drug-likeness (QED) is 0.834. The number of likely N-dealkylation sites (N-methyl/N-ethyl adjacent to an activating group) is 1. The molecule has 1 unspecified atom stereocenters. The van der Waals surface area contributed by atoms with Gasteiger partial charge in [0.25, 0.3) is 0 Å². The monoisotopic (exact) mass is 354 g/mol. The van der Waals surface area contributed by atoms with Gasteiger partial charge in [0.1, 0.15) is 16.2 Å². The second kappa shape index (κ2) is 6.34. The van der Waals surface area contributed by atoms with Gasteiger partial charge in [-0.2, -0.15) is 4.31 Å². The smallest absolute Gasteiger partial charge is 0.247 e. The molecule has 1 amide bonds. The van der Waals surface area contributed by atoms with Gasteiger partial charge >= 0.3 is 0 Å². The molecule has 24 heavy (non-hydrogen) atoms. The molecule has 2 aliphatic heterocycles. The van der Waals surface area contributed by atoms with Gasteiger partial charge in [-0.05, 0) is 24.5 Å². The molecule has 7 nitrogen and oxygen atoms in total. The van der Waals surface area contributed by atoms with Crippen LogP contribution < -0.4 is 10.1 Å². The first-order valence-corrected chi connectivity index (χ1v) is 9.40. The lowest BCUT2D eigenvalue weighted by molar-refractivity contribution is -0.131. The van der Waals surface area contributed by atoms with Crippen molar-refractivity contribution in [3.05, 3.63) is 23.8 Å². The predicted molar refractivity (Wildman–Crippen MR) is 87.4 cm³/mol. The van der Waals surface area contributed by atoms with Crippen LogP contribution >= 0.6 is 0 Å². The van der Waals surface area contributed by atoms with Crippen LogP contribution in [0.1, 0.15) is 18.4 Å². The lowest BCUT2D eigenvalue weighted by Crippen LogP contribution is -2.59. The van der Waals surface area contributed by atoms with Gasteiger partial charge in [0.15, 0.2) is 0 Å². The number of fused-ring (bicyclic) bond motifs is 1. The number of nitrogens with zero attached hydrogens (tertiary/aromatic N) is 1. The van der Waals surface area contributed by atoms with Crippen molar-refractivity contribution in [1.82, 2.24) is 9.62 Å². The van der Waals surface area contributed by atoms with Crippen molar-refractivity contribution in [2.24, 2.45) is 0 Å². The van der Waals surface area contributed by atoms with E-state index in [-0.39, 0.29) is 24.0 Å². The molecule has 0 aromatic heterocycles. The molecule has 0 spiro atoms. The number of carbonyl (C=O) groups excluding carboxylic acids is 1. The van der Waals surface area contributed by atoms with Crippen molar-refractivity contribution in [3.63, 3.8) is 0 Å². The number of nitrogens with one attached hydrogen (secondary N) is 1. The first-order chi connectivity index (χ1) is 11.5. The van der Waals surface area contributed by atoms with E-state index >= 15 is 0 Å². The molecule has 132 valence electrons. The molecular weight excluding hydrogens is 332 g/mol. The fraction of sp³-hybridized carbons (Fsp3) is 0.562. The number of ether oxygens (including phenoxy) is 2. The zero-order valence-corrected chi connectivity index (χ0v) is 14.7. The summed E-state index contributed by atoms with van der Waals surface area (Å²) in [6.07, 6.45) is 1.72. The topological polar surface area (TPSA) is 84.9 Å². The van der Waals surface area contributed by atoms with Gasteiger partial charge in [-0.25, -0.2) is 8.42 Å². The first-order valence-electron chi connectivity index (χ1n) is 7.96. The number of benzene rings is 1. The molecule has 3 rings (SSSR count). The standard InChI is InChI=1S/C16H22N2O5S/c1-17-15(19)16(11-22-2)8-4-9-18(16)24(20,21)13-6-3-5-12-7-10-23-14(12)13/h3,5-6H,4,7-11H2,1-2H3,(H,17,19). The van der Waals surface area contributed by atoms with Crippen LogP contribution in [0.5, 0.6) is 5.75 Å². The maximum atomic E-state index is 13.3. The van der Waals surface area contributed by atoms with Crippen molar-refractivity contribution in [3.8, 4) is 5.75 Å². The van der Waals surface area contributed by atoms with Gasteiger partial charge in [0.05, 0.1) is 13.2 Å². The fourth-order valence-corrected chi connectivity index (χ4v) is 5.59. The number of rotatable bonds is 5. The highest BCUT2D eigenvalue weighted by Gasteiger charge is 2.53. The number of sulfonamides is 1. The fourth-order valence-electron chi connectivity index (χ4n) is 3.62. The second-order valence-electron chi connectivity index (χ2n) is 6.07. The van der Waals surface area contributed by atoms with E-state index in [9.17, 15) is 13.2 Å². The van der Waals surface area contributed by atoms with Gasteiger partial charge in [-0.15, -0.1) is 0 Å². The van der Waals surface area contributed by atoms with Crippen LogP contribution in [0.2, 0.25) is 0 Å². The summed E-state index contributed by atoms with van der Waals surface area (Å²) >= 11 is 0. The maximum Gasteiger partial charge on any atom is 0.247 e. The first kappa shape index (κ1) is 17.2. The lowest BCUT2D eigenvalue weighted by atomic mass is 9.97. The van der Waals surface area contributed by atoms with Gasteiger partial charge in [-0.1, -0.05) is 12.1 Å². The van der Waals surface area contributed by atoms with Crippen LogP contribution in [0.4, 0.5) is 0 Å². The third-order valence-electron chi connectivity index (χ3n) is 4.71. The Bertz CT molecular complexity index is 749. The molecule has 8 heteroatoms. The van der Waals surface area contributed by atoms with Crippen LogP contribution in [-0.4, -0.2) is 58.1 Å². The van der Waals surface area contributed by atoms with Crippen molar-refractivity contribution >= 4 is 15.9 Å². The molecule has 0 bridgehead atoms. The Hall–Kier alpha value is -1.64. The number of hydrogen-bond acceptors (Lipinski definition) is 5. The summed E-state index contributed by atoms with van der Waals surface area (Å²) in [6.45, 7) is 0.769. The SMILES string of the molecule is CNC(=O)C1(COC)CCCN1S(=O)(=O)c1cccc2c1OCC2. The molecule has 1 N–H and O–H groups in total. The van der Waals surface area contributed by atoms with E-state index in [4.69, 9.17) is 9.47 Å². The van der Waals surface area contributed by atoms with E-state index in [1.807, 2.05) is 6.07 Å². The van der Waals surface area contributed by atoms with E-state index in [0.29, 0.717) is 31.6 Å². The molecule has 1 aromatic rings. The maximum absolute atomic E-state index is 13.3. The Morgan fingerprint density at radius 2 is 2.25 bits per heavy atom. The predicted octanol–water partition coefficient (Wildman–Crippen LogP) is 0.537. The van der Waals surface area contributed by atoms with Gasteiger partial charge < -0.3 is 14.8 Å². The molecule has 1 fully saturated rings. The highest BCUT2D eigenvalue weighted by Crippen LogP contribution is 2.40. The van der Waals surface area contributed by atoms with E-state index in [1.54, 1.807) is 12.1 Å². The third-order valence-corrected chi connectivity index (χ3v) is 6.70. The number of para-hydroxylation sites is 1. The minimum absolute atomic E-state index is 0.0157. The second-order valence-corrected chi connectivity index (χ2v) is 7.90. The molecule has 2 aliphatic rings. The minimum atomic E-state index is -3.88. The van der Waals surface area contributed by atoms with Gasteiger partial charge in [0, 0.05) is 27.1 Å². The zero-order chi connectivity index (χ0) is 17.4. The van der Waals surface area contributed by atoms with E-state index < -0.39 is 15.6 Å². The Kier molecular flexibility index (Phi) is 4.54. The molecule has 0 aliphatic carbocycles. The minimum Gasteiger partial charge on any atom is -0.492 e. The molecule has 1 aromatic carbocycles. The highest BCUT2D eigenvalue weighted by molar-refractivity contribution is 7.89. The van der Waals surface area contributed by atoms with Crippen molar-refractivity contribution in [1.29, 1.82) is 0 Å². The average Bonchev–Trinajstić information content (AvgIpc) is 3.21. The summed E-state index contributed by atoms with van der Waals surface area (Å²) in [5, 5.41) is 2.58. The van der Waals surface area contributed by atoms with Crippen LogP contribution in [0.3, 0.4) is 0 Å². The van der Waals surface area contributed by atoms with Crippen molar-refractivity contribution in [2.75, 3.05) is 33.9 Å². The summed E-state index contributed by atoms with van der Waals surface area (Å²) in [6, 6.07) is 5.13. The van der Waals surface area contributed by atoms with Gasteiger partial charge in [0.2, 0.25) is 15.9 Å². The Morgan fingerprint density at radius 1 is 1.46 bits per heavy atom. The Balaban J connectivity index is 2.09. The Morgan fingerprint density at radius 3 is 2.96 bits per heavy atom. The van der Waals surface area contributed by atoms with E-state index in [0.717, 1.165) is 5.56 Å². The number of carbonyl (C=O) groups is 1. The summed E-state index contributed by atoms with van der Waals surface area (Å²) in [5.41, 5.74) is -0.337. The summed E-state index contributed by atoms with van der Waals surface area (Å²) < 4.78 is 38.7. The number of amides is 1.